The van der Waals surface area contributed by atoms with Gasteiger partial charge in [0.1, 0.15) is 6.10 Å². The summed E-state index contributed by atoms with van der Waals surface area (Å²) in [6.07, 6.45) is -7.63. The summed E-state index contributed by atoms with van der Waals surface area (Å²) in [6.45, 7) is 3.70. The molecule has 0 N–H and O–H groups in total. The van der Waals surface area contributed by atoms with Crippen LogP contribution in [0.4, 0.5) is 26.3 Å². The van der Waals surface area contributed by atoms with E-state index in [-0.39, 0.29) is 18.3 Å². The van der Waals surface area contributed by atoms with Crippen molar-refractivity contribution in [2.75, 3.05) is 19.6 Å². The van der Waals surface area contributed by atoms with Crippen molar-refractivity contribution >= 4 is 5.97 Å². The van der Waals surface area contributed by atoms with Gasteiger partial charge in [-0.3, -0.25) is 0 Å². The van der Waals surface area contributed by atoms with Crippen molar-refractivity contribution in [1.82, 2.24) is 4.90 Å². The molecule has 4 rings (SSSR count). The Morgan fingerprint density at radius 2 is 1.61 bits per heavy atom. The fourth-order valence-electron chi connectivity index (χ4n) is 5.64. The van der Waals surface area contributed by atoms with Crippen LogP contribution in [0.15, 0.2) is 42.5 Å². The standard InChI is InChI=1S/C27H29F6NO2/c1-17-5-4-7-22-20(17)10-9-18(15-24(22)36-25(35)27(31,32)33)16-34-13-11-19(12-14-34)21-6-2-3-8-23(21)26(28,29)30/h2-8,18-19,24H,9-16H2,1H3. The van der Waals surface area contributed by atoms with Crippen molar-refractivity contribution in [2.45, 2.75) is 63.4 Å². The maximum Gasteiger partial charge on any atom is 0.490 e. The summed E-state index contributed by atoms with van der Waals surface area (Å²) in [7, 11) is 0. The van der Waals surface area contributed by atoms with E-state index in [2.05, 4.69) is 4.90 Å². The van der Waals surface area contributed by atoms with Gasteiger partial charge in [0.2, 0.25) is 0 Å². The van der Waals surface area contributed by atoms with E-state index in [1.165, 1.54) is 6.07 Å². The lowest BCUT2D eigenvalue weighted by Crippen LogP contribution is -2.37. The Morgan fingerprint density at radius 1 is 0.944 bits per heavy atom. The second-order valence-electron chi connectivity index (χ2n) is 9.83. The molecule has 36 heavy (non-hydrogen) atoms. The van der Waals surface area contributed by atoms with Crippen molar-refractivity contribution in [2.24, 2.45) is 5.92 Å². The Morgan fingerprint density at radius 3 is 2.28 bits per heavy atom. The first kappa shape index (κ1) is 26.5. The van der Waals surface area contributed by atoms with Crippen LogP contribution in [0, 0.1) is 12.8 Å². The molecule has 0 saturated carbocycles. The van der Waals surface area contributed by atoms with Crippen LogP contribution in [-0.4, -0.2) is 36.7 Å². The van der Waals surface area contributed by atoms with Crippen LogP contribution < -0.4 is 0 Å². The fourth-order valence-corrected chi connectivity index (χ4v) is 5.64. The highest BCUT2D eigenvalue weighted by Gasteiger charge is 2.43. The molecule has 2 atom stereocenters. The van der Waals surface area contributed by atoms with Crippen molar-refractivity contribution in [3.63, 3.8) is 0 Å². The predicted octanol–water partition coefficient (Wildman–Crippen LogP) is 6.99. The largest absolute Gasteiger partial charge is 0.490 e. The van der Waals surface area contributed by atoms with Gasteiger partial charge in [0, 0.05) is 6.54 Å². The van der Waals surface area contributed by atoms with Crippen LogP contribution in [0.5, 0.6) is 0 Å². The molecule has 2 aromatic carbocycles. The number of likely N-dealkylation sites (tertiary alicyclic amines) is 1. The molecule has 0 spiro atoms. The quantitative estimate of drug-likeness (QED) is 0.251. The molecule has 1 heterocycles. The van der Waals surface area contributed by atoms with Gasteiger partial charge in [-0.2, -0.15) is 26.3 Å². The van der Waals surface area contributed by atoms with E-state index in [1.807, 2.05) is 13.0 Å². The second kappa shape index (κ2) is 10.4. The van der Waals surface area contributed by atoms with Crippen LogP contribution >= 0.6 is 0 Å². The fraction of sp³-hybridized carbons (Fsp3) is 0.519. The average molecular weight is 514 g/mol. The molecule has 1 aliphatic heterocycles. The van der Waals surface area contributed by atoms with Crippen molar-refractivity contribution in [3.8, 4) is 0 Å². The third kappa shape index (κ3) is 6.05. The molecule has 0 aromatic heterocycles. The number of piperidine rings is 1. The number of aryl methyl sites for hydroxylation is 1. The van der Waals surface area contributed by atoms with Gasteiger partial charge >= 0.3 is 18.3 Å². The molecule has 1 fully saturated rings. The lowest BCUT2D eigenvalue weighted by Gasteiger charge is -2.35. The van der Waals surface area contributed by atoms with E-state index < -0.39 is 30.0 Å². The van der Waals surface area contributed by atoms with Gasteiger partial charge < -0.3 is 9.64 Å². The van der Waals surface area contributed by atoms with Crippen LogP contribution in [0.3, 0.4) is 0 Å². The van der Waals surface area contributed by atoms with E-state index in [0.29, 0.717) is 50.0 Å². The number of carbonyl (C=O) groups excluding carboxylic acids is 1. The number of rotatable bonds is 4. The molecule has 2 unspecified atom stereocenters. The maximum atomic E-state index is 13.5. The van der Waals surface area contributed by atoms with E-state index in [0.717, 1.165) is 23.6 Å². The number of ether oxygens (including phenoxy) is 1. The number of benzene rings is 2. The third-order valence-corrected chi connectivity index (χ3v) is 7.43. The normalized spacial score (nSPS) is 22.1. The monoisotopic (exact) mass is 513 g/mol. The minimum Gasteiger partial charge on any atom is -0.451 e. The molecule has 3 nitrogen and oxygen atoms in total. The van der Waals surface area contributed by atoms with Crippen LogP contribution in [0.1, 0.15) is 65.5 Å². The molecule has 1 saturated heterocycles. The number of hydrogen-bond acceptors (Lipinski definition) is 3. The molecule has 196 valence electrons. The number of nitrogens with zero attached hydrogens (tertiary/aromatic N) is 1. The predicted molar refractivity (Wildman–Crippen MR) is 122 cm³/mol. The molecule has 2 aliphatic rings. The molecule has 9 heteroatoms. The number of esters is 1. The van der Waals surface area contributed by atoms with Gasteiger partial charge in [-0.05, 0) is 92.3 Å². The van der Waals surface area contributed by atoms with Gasteiger partial charge in [0.15, 0.2) is 0 Å². The summed E-state index contributed by atoms with van der Waals surface area (Å²) in [5.74, 6) is -2.40. The molecule has 0 amide bonds. The molecule has 0 radical (unpaired) electrons. The maximum absolute atomic E-state index is 13.5. The number of hydrogen-bond donors (Lipinski definition) is 0. The summed E-state index contributed by atoms with van der Waals surface area (Å²) < 4.78 is 84.2. The molecule has 0 bridgehead atoms. The van der Waals surface area contributed by atoms with Crippen molar-refractivity contribution in [1.29, 1.82) is 0 Å². The molecule has 1 aliphatic carbocycles. The van der Waals surface area contributed by atoms with Crippen LogP contribution in [0.25, 0.3) is 0 Å². The van der Waals surface area contributed by atoms with Crippen LogP contribution in [0.2, 0.25) is 0 Å². The zero-order valence-electron chi connectivity index (χ0n) is 20.0. The summed E-state index contributed by atoms with van der Waals surface area (Å²) in [5.41, 5.74) is 2.23. The number of halogens is 6. The Bertz CT molecular complexity index is 1070. The Balaban J connectivity index is 1.44. The zero-order chi connectivity index (χ0) is 26.1. The van der Waals surface area contributed by atoms with Crippen LogP contribution in [-0.2, 0) is 22.1 Å². The van der Waals surface area contributed by atoms with E-state index >= 15 is 0 Å². The number of carbonyl (C=O) groups is 1. The zero-order valence-corrected chi connectivity index (χ0v) is 20.0. The highest BCUT2D eigenvalue weighted by molar-refractivity contribution is 5.76. The van der Waals surface area contributed by atoms with E-state index in [1.54, 1.807) is 24.3 Å². The SMILES string of the molecule is Cc1cccc2c1CCC(CN1CCC(c3ccccc3C(F)(F)F)CC1)CC2OC(=O)C(F)(F)F. The smallest absolute Gasteiger partial charge is 0.451 e. The second-order valence-corrected chi connectivity index (χ2v) is 9.83. The van der Waals surface area contributed by atoms with Crippen molar-refractivity contribution in [3.05, 3.63) is 70.3 Å². The summed E-state index contributed by atoms with van der Waals surface area (Å²) in [5, 5.41) is 0. The first-order chi connectivity index (χ1) is 16.9. The van der Waals surface area contributed by atoms with Crippen molar-refractivity contribution < 1.29 is 35.9 Å². The van der Waals surface area contributed by atoms with Gasteiger partial charge in [-0.15, -0.1) is 0 Å². The lowest BCUT2D eigenvalue weighted by molar-refractivity contribution is -0.206. The average Bonchev–Trinajstić information content (AvgIpc) is 2.98. The number of alkyl halides is 6. The van der Waals surface area contributed by atoms with Gasteiger partial charge in [-0.1, -0.05) is 36.4 Å². The Labute approximate surface area is 206 Å². The van der Waals surface area contributed by atoms with E-state index in [9.17, 15) is 31.1 Å². The summed E-state index contributed by atoms with van der Waals surface area (Å²) in [6, 6.07) is 11.1. The Kier molecular flexibility index (Phi) is 7.69. The van der Waals surface area contributed by atoms with E-state index in [4.69, 9.17) is 4.74 Å². The minimum atomic E-state index is -5.07. The summed E-state index contributed by atoms with van der Waals surface area (Å²) in [4.78, 5) is 13.8. The Hall–Kier alpha value is -2.55. The van der Waals surface area contributed by atoms with Gasteiger partial charge in [0.05, 0.1) is 5.56 Å². The highest BCUT2D eigenvalue weighted by atomic mass is 19.4. The third-order valence-electron chi connectivity index (χ3n) is 7.43. The highest BCUT2D eigenvalue weighted by Crippen LogP contribution is 2.40. The first-order valence-electron chi connectivity index (χ1n) is 12.2. The molecular formula is C27H29F6NO2. The lowest BCUT2D eigenvalue weighted by atomic mass is 9.85. The minimum absolute atomic E-state index is 0.0122. The molecule has 2 aromatic rings. The topological polar surface area (TPSA) is 29.5 Å². The van der Waals surface area contributed by atoms with Gasteiger partial charge in [0.25, 0.3) is 0 Å². The van der Waals surface area contributed by atoms with Gasteiger partial charge in [-0.25, -0.2) is 4.79 Å². The summed E-state index contributed by atoms with van der Waals surface area (Å²) >= 11 is 0. The molecular weight excluding hydrogens is 484 g/mol. The number of fused-ring (bicyclic) bond motifs is 1. The first-order valence-corrected chi connectivity index (χ1v) is 12.2.